The van der Waals surface area contributed by atoms with Gasteiger partial charge in [0.1, 0.15) is 0 Å². The molecule has 5 rings (SSSR count). The maximum atomic E-state index is 13.3. The highest BCUT2D eigenvalue weighted by Crippen LogP contribution is 2.31. The molecule has 0 radical (unpaired) electrons. The van der Waals surface area contributed by atoms with Crippen LogP contribution < -0.4 is 0 Å². The average Bonchev–Trinajstić information content (AvgIpc) is 3.05. The molecule has 0 N–H and O–H groups in total. The van der Waals surface area contributed by atoms with Crippen LogP contribution in [0.2, 0.25) is 0 Å². The molecular weight excluding hydrogens is 552 g/mol. The zero-order valence-corrected chi connectivity index (χ0v) is 23.1. The molecule has 0 aliphatic carbocycles. The number of ether oxygens (including phenoxy) is 5. The molecule has 0 unspecified atom stereocenters. The quantitative estimate of drug-likeness (QED) is 0.203. The molecule has 0 bridgehead atoms. The van der Waals surface area contributed by atoms with Crippen molar-refractivity contribution in [1.29, 1.82) is 0 Å². The lowest BCUT2D eigenvalue weighted by atomic mass is 9.98. The topological polar surface area (TPSA) is 114 Å². The van der Waals surface area contributed by atoms with Gasteiger partial charge >= 0.3 is 23.9 Å². The predicted molar refractivity (Wildman–Crippen MR) is 153 cm³/mol. The van der Waals surface area contributed by atoms with Gasteiger partial charge in [0, 0.05) is 0 Å². The Morgan fingerprint density at radius 1 is 0.442 bits per heavy atom. The lowest BCUT2D eigenvalue weighted by Gasteiger charge is -2.43. The highest BCUT2D eigenvalue weighted by molar-refractivity contribution is 5.92. The van der Waals surface area contributed by atoms with E-state index in [-0.39, 0.29) is 22.3 Å². The number of hydrogen-bond acceptors (Lipinski definition) is 9. The summed E-state index contributed by atoms with van der Waals surface area (Å²) in [6.07, 6.45) is -6.67. The molecule has 0 aromatic heterocycles. The summed E-state index contributed by atoms with van der Waals surface area (Å²) in [7, 11) is 0. The Balaban J connectivity index is 1.51. The molecule has 1 aliphatic rings. The van der Waals surface area contributed by atoms with E-state index in [2.05, 4.69) is 0 Å². The van der Waals surface area contributed by atoms with Gasteiger partial charge < -0.3 is 23.7 Å². The second kappa shape index (κ2) is 13.6. The van der Waals surface area contributed by atoms with Crippen LogP contribution in [0, 0.1) is 0 Å². The third kappa shape index (κ3) is 7.14. The summed E-state index contributed by atoms with van der Waals surface area (Å²) in [6, 6.07) is 32.7. The highest BCUT2D eigenvalue weighted by atomic mass is 16.7. The summed E-state index contributed by atoms with van der Waals surface area (Å²) in [5.74, 6) is -3.03. The molecule has 43 heavy (non-hydrogen) atoms. The first-order chi connectivity index (χ1) is 20.9. The fourth-order valence-electron chi connectivity index (χ4n) is 4.54. The third-order valence-electron chi connectivity index (χ3n) is 6.72. The van der Waals surface area contributed by atoms with Crippen molar-refractivity contribution in [2.45, 2.75) is 37.6 Å². The van der Waals surface area contributed by atoms with Crippen molar-refractivity contribution in [1.82, 2.24) is 0 Å². The van der Waals surface area contributed by atoms with E-state index in [0.717, 1.165) is 0 Å². The molecule has 1 aliphatic heterocycles. The zero-order chi connectivity index (χ0) is 30.2. The molecule has 0 spiro atoms. The van der Waals surface area contributed by atoms with Crippen LogP contribution >= 0.6 is 0 Å². The van der Waals surface area contributed by atoms with Crippen molar-refractivity contribution >= 4 is 23.9 Å². The van der Waals surface area contributed by atoms with Crippen LogP contribution in [0.1, 0.15) is 48.4 Å². The number of benzene rings is 4. The standard InChI is InChI=1S/C34H28O9/c1-22-27(40-30(35)23-14-6-2-7-15-23)28(41-31(36)24-16-8-3-9-17-24)29(42-32(37)25-18-10-4-11-19-25)34(39-22)43-33(38)26-20-12-5-13-21-26/h2-22,27-29,34H,1H3/t22-,27+,28-,29+,34-/m1/s1. The van der Waals surface area contributed by atoms with Crippen LogP contribution in [0.3, 0.4) is 0 Å². The SMILES string of the molecule is C[C@H]1O[C@H](OC(=O)c2ccccc2)[C@@H](OC(=O)c2ccccc2)[C@H](OC(=O)c2ccccc2)[C@H]1OC(=O)c1ccccc1. The Kier molecular flexibility index (Phi) is 9.23. The Morgan fingerprint density at radius 2 is 0.744 bits per heavy atom. The molecule has 4 aromatic rings. The van der Waals surface area contributed by atoms with E-state index in [0.29, 0.717) is 0 Å². The Bertz CT molecular complexity index is 1540. The normalized spacial score (nSPS) is 21.2. The molecular formula is C34H28O9. The summed E-state index contributed by atoms with van der Waals surface area (Å²) in [4.78, 5) is 52.8. The van der Waals surface area contributed by atoms with Crippen LogP contribution in [0.15, 0.2) is 121 Å². The Labute approximate surface area is 247 Å². The van der Waals surface area contributed by atoms with Gasteiger partial charge in [-0.15, -0.1) is 0 Å². The van der Waals surface area contributed by atoms with E-state index in [1.807, 2.05) is 0 Å². The van der Waals surface area contributed by atoms with Crippen molar-refractivity contribution in [3.05, 3.63) is 144 Å². The van der Waals surface area contributed by atoms with Crippen LogP contribution in [-0.2, 0) is 23.7 Å². The van der Waals surface area contributed by atoms with E-state index < -0.39 is 54.6 Å². The first kappa shape index (κ1) is 29.2. The summed E-state index contributed by atoms with van der Waals surface area (Å²) in [5.41, 5.74) is 0.876. The molecule has 0 saturated carbocycles. The molecule has 1 heterocycles. The van der Waals surface area contributed by atoms with Gasteiger partial charge in [0.05, 0.1) is 28.4 Å². The van der Waals surface area contributed by atoms with Crippen molar-refractivity contribution in [2.75, 3.05) is 0 Å². The van der Waals surface area contributed by atoms with Crippen LogP contribution in [0.25, 0.3) is 0 Å². The molecule has 1 saturated heterocycles. The van der Waals surface area contributed by atoms with E-state index in [1.54, 1.807) is 116 Å². The molecule has 0 amide bonds. The average molecular weight is 581 g/mol. The molecule has 9 nitrogen and oxygen atoms in total. The van der Waals surface area contributed by atoms with Gasteiger partial charge in [-0.05, 0) is 55.5 Å². The largest absolute Gasteiger partial charge is 0.452 e. The molecule has 218 valence electrons. The summed E-state index contributed by atoms with van der Waals surface area (Å²) in [5, 5.41) is 0. The highest BCUT2D eigenvalue weighted by Gasteiger charge is 2.53. The predicted octanol–water partition coefficient (Wildman–Crippen LogP) is 5.27. The first-order valence-electron chi connectivity index (χ1n) is 13.6. The second-order valence-electron chi connectivity index (χ2n) is 9.69. The Hall–Kier alpha value is -5.28. The van der Waals surface area contributed by atoms with E-state index in [1.165, 1.54) is 12.1 Å². The molecule has 5 atom stereocenters. The van der Waals surface area contributed by atoms with Crippen LogP contribution in [0.4, 0.5) is 0 Å². The van der Waals surface area contributed by atoms with Gasteiger partial charge in [0.15, 0.2) is 12.2 Å². The smallest absolute Gasteiger partial charge is 0.340 e. The molecule has 4 aromatic carbocycles. The monoisotopic (exact) mass is 580 g/mol. The number of rotatable bonds is 8. The fourth-order valence-corrected chi connectivity index (χ4v) is 4.54. The van der Waals surface area contributed by atoms with Gasteiger partial charge in [0.25, 0.3) is 0 Å². The summed E-state index contributed by atoms with van der Waals surface area (Å²) < 4.78 is 29.2. The minimum atomic E-state index is -1.52. The molecule has 1 fully saturated rings. The lowest BCUT2D eigenvalue weighted by Crippen LogP contribution is -2.61. The number of hydrogen-bond donors (Lipinski definition) is 0. The van der Waals surface area contributed by atoms with Gasteiger partial charge in [0.2, 0.25) is 12.4 Å². The van der Waals surface area contributed by atoms with E-state index in [9.17, 15) is 19.2 Å². The van der Waals surface area contributed by atoms with Crippen molar-refractivity contribution in [2.24, 2.45) is 0 Å². The molecule has 9 heteroatoms. The lowest BCUT2D eigenvalue weighted by molar-refractivity contribution is -0.274. The maximum absolute atomic E-state index is 13.3. The maximum Gasteiger partial charge on any atom is 0.340 e. The fraction of sp³-hybridized carbons (Fsp3) is 0.176. The van der Waals surface area contributed by atoms with Crippen molar-refractivity contribution in [3.8, 4) is 0 Å². The van der Waals surface area contributed by atoms with Crippen molar-refractivity contribution < 1.29 is 42.9 Å². The zero-order valence-electron chi connectivity index (χ0n) is 23.1. The number of esters is 4. The minimum Gasteiger partial charge on any atom is -0.452 e. The van der Waals surface area contributed by atoms with Gasteiger partial charge in [-0.1, -0.05) is 72.8 Å². The van der Waals surface area contributed by atoms with Crippen molar-refractivity contribution in [3.63, 3.8) is 0 Å². The Morgan fingerprint density at radius 3 is 1.12 bits per heavy atom. The van der Waals surface area contributed by atoms with Crippen LogP contribution in [-0.4, -0.2) is 54.6 Å². The summed E-state index contributed by atoms with van der Waals surface area (Å²) in [6.45, 7) is 1.57. The first-order valence-corrected chi connectivity index (χ1v) is 13.6. The summed E-state index contributed by atoms with van der Waals surface area (Å²) >= 11 is 0. The van der Waals surface area contributed by atoms with Gasteiger partial charge in [-0.3, -0.25) is 0 Å². The third-order valence-corrected chi connectivity index (χ3v) is 6.72. The number of carbonyl (C=O) groups is 4. The van der Waals surface area contributed by atoms with Gasteiger partial charge in [-0.25, -0.2) is 19.2 Å². The minimum absolute atomic E-state index is 0.195. The van der Waals surface area contributed by atoms with Crippen LogP contribution in [0.5, 0.6) is 0 Å². The van der Waals surface area contributed by atoms with Gasteiger partial charge in [-0.2, -0.15) is 0 Å². The number of carbonyl (C=O) groups excluding carboxylic acids is 4. The second-order valence-corrected chi connectivity index (χ2v) is 9.69. The van der Waals surface area contributed by atoms with E-state index in [4.69, 9.17) is 23.7 Å². The van der Waals surface area contributed by atoms with E-state index >= 15 is 0 Å².